The van der Waals surface area contributed by atoms with E-state index >= 15 is 0 Å². The Morgan fingerprint density at radius 1 is 1.00 bits per heavy atom. The monoisotopic (exact) mass is 270 g/mol. The Morgan fingerprint density at radius 2 is 1.65 bits per heavy atom. The van der Waals surface area contributed by atoms with E-state index in [9.17, 15) is 9.59 Å². The molecule has 0 saturated carbocycles. The SMILES string of the molecule is CC(C(=O)C(=O)O)c1cccc(Oc2ccccc2)c1. The lowest BCUT2D eigenvalue weighted by Gasteiger charge is -2.11. The van der Waals surface area contributed by atoms with Gasteiger partial charge in [0.1, 0.15) is 11.5 Å². The van der Waals surface area contributed by atoms with Crippen molar-refractivity contribution in [1.29, 1.82) is 0 Å². The predicted molar refractivity (Wildman–Crippen MR) is 74.0 cm³/mol. The van der Waals surface area contributed by atoms with E-state index in [0.717, 1.165) is 0 Å². The highest BCUT2D eigenvalue weighted by atomic mass is 16.5. The lowest BCUT2D eigenvalue weighted by atomic mass is 9.96. The van der Waals surface area contributed by atoms with Crippen LogP contribution in [0.15, 0.2) is 54.6 Å². The van der Waals surface area contributed by atoms with E-state index in [1.165, 1.54) is 0 Å². The van der Waals surface area contributed by atoms with Crippen LogP contribution in [0.4, 0.5) is 0 Å². The third-order valence-electron chi connectivity index (χ3n) is 2.94. The molecule has 2 rings (SSSR count). The van der Waals surface area contributed by atoms with Crippen molar-refractivity contribution in [3.63, 3.8) is 0 Å². The van der Waals surface area contributed by atoms with Gasteiger partial charge in [0.15, 0.2) is 0 Å². The van der Waals surface area contributed by atoms with Crippen LogP contribution in [0, 0.1) is 0 Å². The van der Waals surface area contributed by atoms with Crippen LogP contribution in [0.5, 0.6) is 11.5 Å². The molecule has 0 aliphatic carbocycles. The van der Waals surface area contributed by atoms with Crippen LogP contribution in [0.2, 0.25) is 0 Å². The normalized spacial score (nSPS) is 11.7. The first-order valence-electron chi connectivity index (χ1n) is 6.18. The van der Waals surface area contributed by atoms with E-state index in [1.54, 1.807) is 31.2 Å². The zero-order valence-electron chi connectivity index (χ0n) is 10.9. The van der Waals surface area contributed by atoms with Crippen molar-refractivity contribution in [2.75, 3.05) is 0 Å². The van der Waals surface area contributed by atoms with Gasteiger partial charge in [-0.15, -0.1) is 0 Å². The Balaban J connectivity index is 2.20. The van der Waals surface area contributed by atoms with E-state index in [1.807, 2.05) is 30.3 Å². The number of hydrogen-bond donors (Lipinski definition) is 1. The number of carboxylic acids is 1. The second kappa shape index (κ2) is 6.02. The molecule has 102 valence electrons. The van der Waals surface area contributed by atoms with Gasteiger partial charge in [-0.05, 0) is 29.8 Å². The molecule has 2 aromatic rings. The number of hydrogen-bond acceptors (Lipinski definition) is 3. The molecule has 0 aromatic heterocycles. The molecule has 0 saturated heterocycles. The van der Waals surface area contributed by atoms with Gasteiger partial charge in [0.25, 0.3) is 0 Å². The van der Waals surface area contributed by atoms with Crippen molar-refractivity contribution in [2.24, 2.45) is 0 Å². The highest BCUT2D eigenvalue weighted by molar-refractivity contribution is 6.34. The molecular weight excluding hydrogens is 256 g/mol. The van der Waals surface area contributed by atoms with E-state index < -0.39 is 17.7 Å². The maximum absolute atomic E-state index is 11.5. The highest BCUT2D eigenvalue weighted by Gasteiger charge is 2.22. The molecule has 0 bridgehead atoms. The predicted octanol–water partition coefficient (Wildman–Crippen LogP) is 3.24. The van der Waals surface area contributed by atoms with Gasteiger partial charge < -0.3 is 9.84 Å². The van der Waals surface area contributed by atoms with Gasteiger partial charge >= 0.3 is 5.97 Å². The van der Waals surface area contributed by atoms with E-state index in [-0.39, 0.29) is 0 Å². The summed E-state index contributed by atoms with van der Waals surface area (Å²) in [5.41, 5.74) is 0.617. The van der Waals surface area contributed by atoms with Crippen LogP contribution < -0.4 is 4.74 Å². The highest BCUT2D eigenvalue weighted by Crippen LogP contribution is 2.25. The minimum atomic E-state index is -1.42. The average Bonchev–Trinajstić information content (AvgIpc) is 2.47. The summed E-state index contributed by atoms with van der Waals surface area (Å²) in [4.78, 5) is 22.2. The summed E-state index contributed by atoms with van der Waals surface area (Å²) in [5.74, 6) is -1.71. The van der Waals surface area contributed by atoms with E-state index in [0.29, 0.717) is 17.1 Å². The van der Waals surface area contributed by atoms with Crippen LogP contribution in [-0.4, -0.2) is 16.9 Å². The maximum atomic E-state index is 11.5. The molecule has 0 heterocycles. The van der Waals surface area contributed by atoms with Gasteiger partial charge in [-0.2, -0.15) is 0 Å². The number of carbonyl (C=O) groups excluding carboxylic acids is 1. The van der Waals surface area contributed by atoms with Crippen molar-refractivity contribution in [3.8, 4) is 11.5 Å². The van der Waals surface area contributed by atoms with Gasteiger partial charge in [-0.3, -0.25) is 4.79 Å². The van der Waals surface area contributed by atoms with Crippen molar-refractivity contribution in [1.82, 2.24) is 0 Å². The fourth-order valence-corrected chi connectivity index (χ4v) is 1.81. The number of Topliss-reactive ketones (excluding diaryl/α,β-unsaturated/α-hetero) is 1. The fraction of sp³-hybridized carbons (Fsp3) is 0.125. The summed E-state index contributed by atoms with van der Waals surface area (Å²) in [5, 5.41) is 8.74. The van der Waals surface area contributed by atoms with Crippen molar-refractivity contribution in [3.05, 3.63) is 60.2 Å². The zero-order chi connectivity index (χ0) is 14.5. The molecule has 1 unspecified atom stereocenters. The van der Waals surface area contributed by atoms with Crippen LogP contribution in [0.25, 0.3) is 0 Å². The lowest BCUT2D eigenvalue weighted by molar-refractivity contribution is -0.149. The Kier molecular flexibility index (Phi) is 4.15. The van der Waals surface area contributed by atoms with Gasteiger partial charge in [0.05, 0.1) is 5.92 Å². The summed E-state index contributed by atoms with van der Waals surface area (Å²) < 4.78 is 5.65. The number of para-hydroxylation sites is 1. The fourth-order valence-electron chi connectivity index (χ4n) is 1.81. The third kappa shape index (κ3) is 3.23. The van der Waals surface area contributed by atoms with Crippen LogP contribution in [0.1, 0.15) is 18.4 Å². The number of carboxylic acid groups (broad SMARTS) is 1. The minimum absolute atomic E-state index is 0.568. The smallest absolute Gasteiger partial charge is 0.372 e. The van der Waals surface area contributed by atoms with Gasteiger partial charge in [-0.1, -0.05) is 37.3 Å². The van der Waals surface area contributed by atoms with E-state index in [4.69, 9.17) is 9.84 Å². The molecule has 0 aliphatic rings. The topological polar surface area (TPSA) is 63.6 Å². The van der Waals surface area contributed by atoms with Gasteiger partial charge in [0, 0.05) is 0 Å². The van der Waals surface area contributed by atoms with Gasteiger partial charge in [-0.25, -0.2) is 4.79 Å². The molecule has 1 atom stereocenters. The zero-order valence-corrected chi connectivity index (χ0v) is 10.9. The Bertz CT molecular complexity index is 619. The molecule has 4 heteroatoms. The molecule has 0 spiro atoms. The summed E-state index contributed by atoms with van der Waals surface area (Å²) >= 11 is 0. The Hall–Kier alpha value is -2.62. The number of aliphatic carboxylic acids is 1. The first-order chi connectivity index (χ1) is 9.58. The Morgan fingerprint density at radius 3 is 2.30 bits per heavy atom. The Labute approximate surface area is 116 Å². The number of ketones is 1. The van der Waals surface area contributed by atoms with Crippen LogP contribution in [-0.2, 0) is 9.59 Å². The van der Waals surface area contributed by atoms with Crippen molar-refractivity contribution in [2.45, 2.75) is 12.8 Å². The van der Waals surface area contributed by atoms with Gasteiger partial charge in [0.2, 0.25) is 5.78 Å². The first kappa shape index (κ1) is 13.8. The summed E-state index contributed by atoms with van der Waals surface area (Å²) in [6, 6.07) is 16.1. The second-order valence-corrected chi connectivity index (χ2v) is 4.38. The standard InChI is InChI=1S/C16H14O4/c1-11(15(17)16(18)19)12-6-5-9-14(10-12)20-13-7-3-2-4-8-13/h2-11H,1H3,(H,18,19). The quantitative estimate of drug-likeness (QED) is 0.847. The molecule has 0 aliphatic heterocycles. The summed E-state index contributed by atoms with van der Waals surface area (Å²) in [7, 11) is 0. The second-order valence-electron chi connectivity index (χ2n) is 4.38. The first-order valence-corrected chi connectivity index (χ1v) is 6.18. The molecule has 1 N–H and O–H groups in total. The van der Waals surface area contributed by atoms with Crippen molar-refractivity contribution >= 4 is 11.8 Å². The summed E-state index contributed by atoms with van der Waals surface area (Å²) in [6.45, 7) is 1.57. The molecular formula is C16H14O4. The molecule has 20 heavy (non-hydrogen) atoms. The number of benzene rings is 2. The van der Waals surface area contributed by atoms with E-state index in [2.05, 4.69) is 0 Å². The van der Waals surface area contributed by atoms with Crippen LogP contribution in [0.3, 0.4) is 0 Å². The molecule has 0 amide bonds. The largest absolute Gasteiger partial charge is 0.475 e. The molecule has 0 fully saturated rings. The minimum Gasteiger partial charge on any atom is -0.475 e. The molecule has 2 aromatic carbocycles. The molecule has 4 nitrogen and oxygen atoms in total. The average molecular weight is 270 g/mol. The lowest BCUT2D eigenvalue weighted by Crippen LogP contribution is -2.19. The van der Waals surface area contributed by atoms with Crippen LogP contribution >= 0.6 is 0 Å². The number of ether oxygens (including phenoxy) is 1. The summed E-state index contributed by atoms with van der Waals surface area (Å²) in [6.07, 6.45) is 0. The third-order valence-corrected chi connectivity index (χ3v) is 2.94. The van der Waals surface area contributed by atoms with Crippen molar-refractivity contribution < 1.29 is 19.4 Å². The number of rotatable bonds is 5. The molecule has 0 radical (unpaired) electrons. The number of carbonyl (C=O) groups is 2. The maximum Gasteiger partial charge on any atom is 0.372 e.